The zero-order chi connectivity index (χ0) is 25.8. The molecule has 0 aliphatic carbocycles. The standard InChI is InChI=1S/C28H34ClFN4O2/c1-20-17-32(18-21-4-7-23(30)8-5-21)14-15-33(20)13-11-27(35)25-9-6-22(29)16-26(25)28(36)34-12-10-24(19-34)31(2)3/h4-9,11,13,16,20,24H,10,12,14-15,17-19H2,1-3H3/b13-11+/t20-,24+/m1/s1. The topological polar surface area (TPSA) is 47.1 Å². The van der Waals surface area contributed by atoms with Gasteiger partial charge in [-0.2, -0.15) is 0 Å². The number of carbonyl (C=O) groups is 2. The van der Waals surface area contributed by atoms with Gasteiger partial charge in [-0.05, 0) is 63.3 Å². The van der Waals surface area contributed by atoms with Gasteiger partial charge in [0.25, 0.3) is 5.91 Å². The second-order valence-electron chi connectivity index (χ2n) is 9.98. The van der Waals surface area contributed by atoms with Gasteiger partial charge in [0.2, 0.25) is 0 Å². The summed E-state index contributed by atoms with van der Waals surface area (Å²) in [5.41, 5.74) is 1.81. The quantitative estimate of drug-likeness (QED) is 0.412. The Morgan fingerprint density at radius 1 is 1.06 bits per heavy atom. The van der Waals surface area contributed by atoms with Crippen LogP contribution in [0, 0.1) is 5.82 Å². The number of piperazine rings is 1. The maximum absolute atomic E-state index is 13.3. The van der Waals surface area contributed by atoms with Crippen molar-refractivity contribution in [2.24, 2.45) is 0 Å². The molecule has 0 saturated carbocycles. The van der Waals surface area contributed by atoms with E-state index in [-0.39, 0.29) is 23.5 Å². The molecule has 4 rings (SSSR count). The lowest BCUT2D eigenvalue weighted by Crippen LogP contribution is -2.49. The molecule has 0 bridgehead atoms. The van der Waals surface area contributed by atoms with E-state index in [4.69, 9.17) is 11.6 Å². The lowest BCUT2D eigenvalue weighted by molar-refractivity contribution is 0.0778. The average Bonchev–Trinajstić information content (AvgIpc) is 3.35. The van der Waals surface area contributed by atoms with E-state index in [1.54, 1.807) is 29.2 Å². The first-order chi connectivity index (χ1) is 17.2. The highest BCUT2D eigenvalue weighted by Crippen LogP contribution is 2.23. The Kier molecular flexibility index (Phi) is 8.44. The van der Waals surface area contributed by atoms with Crippen LogP contribution in [-0.4, -0.2) is 90.2 Å². The molecule has 0 unspecified atom stereocenters. The van der Waals surface area contributed by atoms with Gasteiger partial charge in [0.15, 0.2) is 5.78 Å². The van der Waals surface area contributed by atoms with E-state index in [1.165, 1.54) is 12.1 Å². The van der Waals surface area contributed by atoms with Crippen LogP contribution >= 0.6 is 11.6 Å². The van der Waals surface area contributed by atoms with Crippen LogP contribution < -0.4 is 0 Å². The van der Waals surface area contributed by atoms with Gasteiger partial charge in [0, 0.05) is 74.2 Å². The number of carbonyl (C=O) groups excluding carboxylic acids is 2. The Balaban J connectivity index is 1.40. The molecule has 2 aliphatic heterocycles. The summed E-state index contributed by atoms with van der Waals surface area (Å²) < 4.78 is 13.2. The molecule has 2 saturated heterocycles. The highest BCUT2D eigenvalue weighted by molar-refractivity contribution is 6.31. The predicted octanol–water partition coefficient (Wildman–Crippen LogP) is 4.16. The van der Waals surface area contributed by atoms with Crippen molar-refractivity contribution >= 4 is 23.3 Å². The van der Waals surface area contributed by atoms with Gasteiger partial charge in [0.1, 0.15) is 5.82 Å². The van der Waals surface area contributed by atoms with Crippen LogP contribution in [0.4, 0.5) is 4.39 Å². The maximum atomic E-state index is 13.3. The number of nitrogens with zero attached hydrogens (tertiary/aromatic N) is 4. The molecule has 8 heteroatoms. The van der Waals surface area contributed by atoms with E-state index in [0.717, 1.165) is 38.2 Å². The molecule has 1 amide bonds. The molecule has 2 aromatic rings. The Morgan fingerprint density at radius 3 is 2.47 bits per heavy atom. The second kappa shape index (κ2) is 11.5. The minimum atomic E-state index is -0.226. The lowest BCUT2D eigenvalue weighted by Gasteiger charge is -2.39. The number of halogens is 2. The summed E-state index contributed by atoms with van der Waals surface area (Å²) in [6.07, 6.45) is 4.30. The molecular weight excluding hydrogens is 479 g/mol. The van der Waals surface area contributed by atoms with Crippen LogP contribution in [0.25, 0.3) is 0 Å². The normalized spacial score (nSPS) is 21.1. The molecule has 2 fully saturated rings. The van der Waals surface area contributed by atoms with Crippen molar-refractivity contribution in [3.8, 4) is 0 Å². The van der Waals surface area contributed by atoms with Crippen LogP contribution in [-0.2, 0) is 6.54 Å². The Bertz CT molecular complexity index is 1120. The second-order valence-corrected chi connectivity index (χ2v) is 10.4. The molecule has 0 radical (unpaired) electrons. The van der Waals surface area contributed by atoms with Gasteiger partial charge in [-0.25, -0.2) is 4.39 Å². The van der Waals surface area contributed by atoms with Crippen molar-refractivity contribution in [3.05, 3.63) is 82.3 Å². The van der Waals surface area contributed by atoms with Crippen molar-refractivity contribution in [3.63, 3.8) is 0 Å². The fourth-order valence-corrected chi connectivity index (χ4v) is 5.11. The Hall–Kier alpha value is -2.74. The van der Waals surface area contributed by atoms with Gasteiger partial charge in [-0.3, -0.25) is 14.5 Å². The van der Waals surface area contributed by atoms with Crippen molar-refractivity contribution in [2.75, 3.05) is 46.8 Å². The van der Waals surface area contributed by atoms with E-state index >= 15 is 0 Å². The van der Waals surface area contributed by atoms with E-state index in [1.807, 2.05) is 32.4 Å². The average molecular weight is 513 g/mol. The first-order valence-corrected chi connectivity index (χ1v) is 12.8. The van der Waals surface area contributed by atoms with Crippen LogP contribution in [0.3, 0.4) is 0 Å². The first-order valence-electron chi connectivity index (χ1n) is 12.4. The Morgan fingerprint density at radius 2 is 1.81 bits per heavy atom. The van der Waals surface area contributed by atoms with Crippen LogP contribution in [0.5, 0.6) is 0 Å². The molecule has 36 heavy (non-hydrogen) atoms. The van der Waals surface area contributed by atoms with Gasteiger partial charge in [0.05, 0.1) is 5.56 Å². The molecule has 2 aromatic carbocycles. The number of hydrogen-bond acceptors (Lipinski definition) is 5. The van der Waals surface area contributed by atoms with E-state index in [9.17, 15) is 14.0 Å². The number of likely N-dealkylation sites (tertiary alicyclic amines) is 1. The van der Waals surface area contributed by atoms with Gasteiger partial charge in [-0.15, -0.1) is 0 Å². The van der Waals surface area contributed by atoms with Gasteiger partial charge >= 0.3 is 0 Å². The van der Waals surface area contributed by atoms with Crippen molar-refractivity contribution in [2.45, 2.75) is 32.0 Å². The predicted molar refractivity (Wildman–Crippen MR) is 141 cm³/mol. The van der Waals surface area contributed by atoms with Crippen molar-refractivity contribution in [1.82, 2.24) is 19.6 Å². The van der Waals surface area contributed by atoms with Crippen molar-refractivity contribution < 1.29 is 14.0 Å². The number of amides is 1. The summed E-state index contributed by atoms with van der Waals surface area (Å²) in [4.78, 5) is 34.9. The zero-order valence-corrected chi connectivity index (χ0v) is 21.9. The molecule has 6 nitrogen and oxygen atoms in total. The summed E-state index contributed by atoms with van der Waals surface area (Å²) in [5.74, 6) is -0.587. The highest BCUT2D eigenvalue weighted by atomic mass is 35.5. The molecule has 2 aliphatic rings. The molecular formula is C28H34ClFN4O2. The van der Waals surface area contributed by atoms with E-state index in [2.05, 4.69) is 21.6 Å². The first kappa shape index (κ1) is 26.3. The summed E-state index contributed by atoms with van der Waals surface area (Å²) in [7, 11) is 4.03. The lowest BCUT2D eigenvalue weighted by atomic mass is 10.0. The molecule has 2 atom stereocenters. The molecule has 2 heterocycles. The van der Waals surface area contributed by atoms with Crippen LogP contribution in [0.1, 0.15) is 39.6 Å². The van der Waals surface area contributed by atoms with Crippen LogP contribution in [0.2, 0.25) is 5.02 Å². The summed E-state index contributed by atoms with van der Waals surface area (Å²) in [5, 5.41) is 0.438. The number of ketones is 1. The van der Waals surface area contributed by atoms with E-state index in [0.29, 0.717) is 35.3 Å². The summed E-state index contributed by atoms with van der Waals surface area (Å²) >= 11 is 6.21. The number of benzene rings is 2. The Labute approximate surface area is 217 Å². The molecule has 0 N–H and O–H groups in total. The monoisotopic (exact) mass is 512 g/mol. The highest BCUT2D eigenvalue weighted by Gasteiger charge is 2.30. The number of rotatable bonds is 7. The minimum Gasteiger partial charge on any atom is -0.372 e. The van der Waals surface area contributed by atoms with Crippen molar-refractivity contribution in [1.29, 1.82) is 0 Å². The number of likely N-dealkylation sites (N-methyl/N-ethyl adjacent to an activating group) is 1. The fourth-order valence-electron chi connectivity index (χ4n) is 4.94. The molecule has 192 valence electrons. The molecule has 0 aromatic heterocycles. The smallest absolute Gasteiger partial charge is 0.254 e. The third kappa shape index (κ3) is 6.33. The maximum Gasteiger partial charge on any atom is 0.254 e. The minimum absolute atomic E-state index is 0.152. The number of hydrogen-bond donors (Lipinski definition) is 0. The fraction of sp³-hybridized carbons (Fsp3) is 0.429. The van der Waals surface area contributed by atoms with Crippen LogP contribution in [0.15, 0.2) is 54.7 Å². The van der Waals surface area contributed by atoms with Gasteiger partial charge in [-0.1, -0.05) is 23.7 Å². The SMILES string of the molecule is C[C@@H]1CN(Cc2ccc(F)cc2)CCN1/C=C/C(=O)c1ccc(Cl)cc1C(=O)N1CC[C@H](N(C)C)C1. The number of allylic oxidation sites excluding steroid dienone is 1. The third-order valence-corrected chi connectivity index (χ3v) is 7.39. The molecule has 0 spiro atoms. The third-order valence-electron chi connectivity index (χ3n) is 7.16. The van der Waals surface area contributed by atoms with E-state index < -0.39 is 0 Å². The van der Waals surface area contributed by atoms with Gasteiger partial charge < -0.3 is 14.7 Å². The summed E-state index contributed by atoms with van der Waals surface area (Å²) in [6.45, 7) is 6.65. The zero-order valence-electron chi connectivity index (χ0n) is 21.2. The summed E-state index contributed by atoms with van der Waals surface area (Å²) in [6, 6.07) is 12.0. The largest absolute Gasteiger partial charge is 0.372 e.